The number of hydrogen-bond donors (Lipinski definition) is 2. The topological polar surface area (TPSA) is 104 Å². The molecule has 0 fully saturated rings. The van der Waals surface area contributed by atoms with Gasteiger partial charge in [-0.1, -0.05) is 0 Å². The number of carbonyl (C=O) groups is 2. The molecule has 7 heteroatoms. The highest BCUT2D eigenvalue weighted by Gasteiger charge is 2.18. The normalized spacial score (nSPS) is 10.5. The molecule has 0 unspecified atom stereocenters. The number of nitrogens with two attached hydrogens (primary N) is 1. The Balaban J connectivity index is 1.76. The molecule has 0 aliphatic rings. The van der Waals surface area contributed by atoms with Crippen LogP contribution in [0.1, 0.15) is 16.1 Å². The summed E-state index contributed by atoms with van der Waals surface area (Å²) in [6.07, 6.45) is 0. The van der Waals surface area contributed by atoms with E-state index >= 15 is 0 Å². The summed E-state index contributed by atoms with van der Waals surface area (Å²) in [5.41, 5.74) is 6.94. The van der Waals surface area contributed by atoms with E-state index in [0.29, 0.717) is 22.8 Å². The van der Waals surface area contributed by atoms with Crippen molar-refractivity contribution in [2.24, 2.45) is 5.73 Å². The number of amides is 2. The molecule has 0 aliphatic carbocycles. The Morgan fingerprint density at radius 1 is 1.12 bits per heavy atom. The van der Waals surface area contributed by atoms with Crippen LogP contribution < -0.4 is 20.5 Å². The maximum Gasteiger partial charge on any atom is 0.291 e. The lowest BCUT2D eigenvalue weighted by Gasteiger charge is -2.06. The number of anilines is 1. The van der Waals surface area contributed by atoms with Gasteiger partial charge in [0, 0.05) is 16.6 Å². The standard InChI is InChI=1S/C19H18N2O5/c1-11-15-9-14(24-2)7-8-16(15)26-18(11)19(23)21-12-3-5-13(6-4-12)25-10-17(20)22/h3-9H,10H2,1-2H3,(H2,20,22)(H,21,23). The van der Waals surface area contributed by atoms with Gasteiger partial charge in [0.1, 0.15) is 17.1 Å². The minimum atomic E-state index is -0.556. The molecule has 2 aromatic carbocycles. The zero-order chi connectivity index (χ0) is 18.7. The zero-order valence-electron chi connectivity index (χ0n) is 14.4. The Bertz CT molecular complexity index is 960. The van der Waals surface area contributed by atoms with Gasteiger partial charge < -0.3 is 24.9 Å². The van der Waals surface area contributed by atoms with Crippen LogP contribution in [0.15, 0.2) is 46.9 Å². The largest absolute Gasteiger partial charge is 0.497 e. The number of ether oxygens (including phenoxy) is 2. The number of primary amides is 1. The van der Waals surface area contributed by atoms with Crippen LogP contribution in [0.4, 0.5) is 5.69 Å². The monoisotopic (exact) mass is 354 g/mol. The smallest absolute Gasteiger partial charge is 0.291 e. The van der Waals surface area contributed by atoms with Gasteiger partial charge in [0.15, 0.2) is 12.4 Å². The van der Waals surface area contributed by atoms with E-state index in [2.05, 4.69) is 5.32 Å². The summed E-state index contributed by atoms with van der Waals surface area (Å²) < 4.78 is 16.1. The van der Waals surface area contributed by atoms with Crippen molar-refractivity contribution in [2.75, 3.05) is 19.0 Å². The highest BCUT2D eigenvalue weighted by atomic mass is 16.5. The zero-order valence-corrected chi connectivity index (χ0v) is 14.4. The predicted molar refractivity (Wildman–Crippen MR) is 96.6 cm³/mol. The summed E-state index contributed by atoms with van der Waals surface area (Å²) >= 11 is 0. The molecular formula is C19H18N2O5. The fourth-order valence-corrected chi connectivity index (χ4v) is 2.52. The predicted octanol–water partition coefficient (Wildman–Crippen LogP) is 2.87. The maximum atomic E-state index is 12.5. The molecule has 0 saturated carbocycles. The second-order valence-electron chi connectivity index (χ2n) is 5.65. The van der Waals surface area contributed by atoms with Gasteiger partial charge in [0.05, 0.1) is 7.11 Å². The Kier molecular flexibility index (Phi) is 4.79. The van der Waals surface area contributed by atoms with E-state index in [1.165, 1.54) is 0 Å². The van der Waals surface area contributed by atoms with Gasteiger partial charge >= 0.3 is 0 Å². The number of carbonyl (C=O) groups excluding carboxylic acids is 2. The van der Waals surface area contributed by atoms with E-state index < -0.39 is 5.91 Å². The average Bonchev–Trinajstić information content (AvgIpc) is 2.97. The van der Waals surface area contributed by atoms with Gasteiger partial charge in [0.25, 0.3) is 11.8 Å². The third kappa shape index (κ3) is 3.61. The molecule has 0 aliphatic heterocycles. The number of fused-ring (bicyclic) bond motifs is 1. The molecule has 1 heterocycles. The molecule has 0 atom stereocenters. The summed E-state index contributed by atoms with van der Waals surface area (Å²) in [5.74, 6) is 0.499. The Morgan fingerprint density at radius 2 is 1.81 bits per heavy atom. The van der Waals surface area contributed by atoms with Crippen molar-refractivity contribution in [2.45, 2.75) is 6.92 Å². The van der Waals surface area contributed by atoms with E-state index in [0.717, 1.165) is 10.9 Å². The van der Waals surface area contributed by atoms with E-state index in [1.807, 2.05) is 13.0 Å². The lowest BCUT2D eigenvalue weighted by Crippen LogP contribution is -2.20. The van der Waals surface area contributed by atoms with Crippen LogP contribution in [0, 0.1) is 6.92 Å². The first-order valence-electron chi connectivity index (χ1n) is 7.87. The first-order valence-corrected chi connectivity index (χ1v) is 7.87. The van der Waals surface area contributed by atoms with Crippen molar-refractivity contribution in [3.63, 3.8) is 0 Å². The minimum Gasteiger partial charge on any atom is -0.497 e. The molecule has 134 valence electrons. The second-order valence-corrected chi connectivity index (χ2v) is 5.65. The molecule has 0 bridgehead atoms. The average molecular weight is 354 g/mol. The van der Waals surface area contributed by atoms with Crippen molar-refractivity contribution in [1.82, 2.24) is 0 Å². The third-order valence-corrected chi connectivity index (χ3v) is 3.84. The maximum absolute atomic E-state index is 12.5. The highest BCUT2D eigenvalue weighted by molar-refractivity contribution is 6.06. The van der Waals surface area contributed by atoms with Gasteiger partial charge in [-0.15, -0.1) is 0 Å². The van der Waals surface area contributed by atoms with Crippen molar-refractivity contribution in [3.05, 3.63) is 53.8 Å². The quantitative estimate of drug-likeness (QED) is 0.708. The molecule has 0 saturated heterocycles. The summed E-state index contributed by atoms with van der Waals surface area (Å²) in [6, 6.07) is 12.0. The Morgan fingerprint density at radius 3 is 2.46 bits per heavy atom. The van der Waals surface area contributed by atoms with Gasteiger partial charge in [-0.25, -0.2) is 0 Å². The molecule has 0 spiro atoms. The lowest BCUT2D eigenvalue weighted by atomic mass is 10.1. The number of aryl methyl sites for hydroxylation is 1. The van der Waals surface area contributed by atoms with Crippen molar-refractivity contribution in [3.8, 4) is 11.5 Å². The summed E-state index contributed by atoms with van der Waals surface area (Å²) in [6.45, 7) is 1.62. The van der Waals surface area contributed by atoms with Crippen LogP contribution in [-0.2, 0) is 4.79 Å². The highest BCUT2D eigenvalue weighted by Crippen LogP contribution is 2.29. The summed E-state index contributed by atoms with van der Waals surface area (Å²) in [4.78, 5) is 23.2. The molecule has 3 N–H and O–H groups in total. The van der Waals surface area contributed by atoms with E-state index in [4.69, 9.17) is 19.6 Å². The fraction of sp³-hybridized carbons (Fsp3) is 0.158. The first kappa shape index (κ1) is 17.3. The molecule has 3 rings (SSSR count). The summed E-state index contributed by atoms with van der Waals surface area (Å²) in [7, 11) is 1.58. The number of hydrogen-bond acceptors (Lipinski definition) is 5. The van der Waals surface area contributed by atoms with Gasteiger partial charge in [-0.05, 0) is 49.4 Å². The molecule has 26 heavy (non-hydrogen) atoms. The van der Waals surface area contributed by atoms with Gasteiger partial charge in [0.2, 0.25) is 0 Å². The van der Waals surface area contributed by atoms with Crippen LogP contribution in [0.3, 0.4) is 0 Å². The first-order chi connectivity index (χ1) is 12.5. The number of methoxy groups -OCH3 is 1. The second kappa shape index (κ2) is 7.18. The van der Waals surface area contributed by atoms with Crippen molar-refractivity contribution < 1.29 is 23.5 Å². The van der Waals surface area contributed by atoms with Gasteiger partial charge in [-0.2, -0.15) is 0 Å². The molecule has 1 aromatic heterocycles. The third-order valence-electron chi connectivity index (χ3n) is 3.84. The minimum absolute atomic E-state index is 0.201. The number of nitrogens with one attached hydrogen (secondary N) is 1. The molecule has 2 amide bonds. The van der Waals surface area contributed by atoms with E-state index in [1.54, 1.807) is 43.5 Å². The molecule has 7 nitrogen and oxygen atoms in total. The molecular weight excluding hydrogens is 336 g/mol. The number of rotatable bonds is 6. The van der Waals surface area contributed by atoms with Crippen molar-refractivity contribution in [1.29, 1.82) is 0 Å². The molecule has 3 aromatic rings. The summed E-state index contributed by atoms with van der Waals surface area (Å²) in [5, 5.41) is 3.59. The van der Waals surface area contributed by atoms with Gasteiger partial charge in [-0.3, -0.25) is 9.59 Å². The number of furan rings is 1. The van der Waals surface area contributed by atoms with E-state index in [9.17, 15) is 9.59 Å². The van der Waals surface area contributed by atoms with Crippen LogP contribution in [0.2, 0.25) is 0 Å². The van der Waals surface area contributed by atoms with Crippen LogP contribution >= 0.6 is 0 Å². The fourth-order valence-electron chi connectivity index (χ4n) is 2.52. The van der Waals surface area contributed by atoms with Crippen molar-refractivity contribution >= 4 is 28.5 Å². The lowest BCUT2D eigenvalue weighted by molar-refractivity contribution is -0.119. The van der Waals surface area contributed by atoms with Crippen LogP contribution in [0.5, 0.6) is 11.5 Å². The molecule has 0 radical (unpaired) electrons. The van der Waals surface area contributed by atoms with E-state index in [-0.39, 0.29) is 18.3 Å². The van der Waals surface area contributed by atoms with Crippen LogP contribution in [0.25, 0.3) is 11.0 Å². The Labute approximate surface area is 149 Å². The van der Waals surface area contributed by atoms with Crippen LogP contribution in [-0.4, -0.2) is 25.5 Å². The SMILES string of the molecule is COc1ccc2oc(C(=O)Nc3ccc(OCC(N)=O)cc3)c(C)c2c1. The Hall–Kier alpha value is -3.48. The number of benzene rings is 2.